The third-order valence-corrected chi connectivity index (χ3v) is 2.74. The largest absolute Gasteiger partial charge is 1.00 e. The van der Waals surface area contributed by atoms with E-state index < -0.39 is 11.9 Å². The molecule has 0 aliphatic carbocycles. The number of aromatic nitrogens is 2. The zero-order chi connectivity index (χ0) is 12.8. The number of pyridine rings is 2. The third kappa shape index (κ3) is 2.41. The van der Waals surface area contributed by atoms with Crippen molar-refractivity contribution in [2.75, 3.05) is 0 Å². The summed E-state index contributed by atoms with van der Waals surface area (Å²) >= 11 is 0. The maximum absolute atomic E-state index is 12.5. The number of fused-ring (bicyclic) bond motifs is 3. The van der Waals surface area contributed by atoms with Gasteiger partial charge in [0.1, 0.15) is 5.69 Å². The van der Waals surface area contributed by atoms with E-state index in [1.807, 2.05) is 24.3 Å². The minimum atomic E-state index is -4.44. The van der Waals surface area contributed by atoms with Gasteiger partial charge in [0.05, 0.1) is 0 Å². The second kappa shape index (κ2) is 4.79. The zero-order valence-electron chi connectivity index (χ0n) is 9.37. The van der Waals surface area contributed by atoms with Gasteiger partial charge in [0.15, 0.2) is 5.65 Å². The van der Waals surface area contributed by atoms with Crippen LogP contribution in [0, 0.1) is 0 Å². The van der Waals surface area contributed by atoms with Crippen LogP contribution in [0.4, 0.5) is 13.2 Å². The van der Waals surface area contributed by atoms with E-state index in [1.54, 1.807) is 0 Å². The van der Waals surface area contributed by atoms with Crippen molar-refractivity contribution in [2.24, 2.45) is 0 Å². The van der Waals surface area contributed by atoms with Crippen LogP contribution < -0.4 is 0 Å². The van der Waals surface area contributed by atoms with Crippen molar-refractivity contribution in [3.05, 3.63) is 48.3 Å². The minimum absolute atomic E-state index is 0. The summed E-state index contributed by atoms with van der Waals surface area (Å²) in [6, 6.07) is 9.79. The molecule has 0 unspecified atom stereocenters. The van der Waals surface area contributed by atoms with Crippen LogP contribution in [0.15, 0.2) is 42.6 Å². The van der Waals surface area contributed by atoms with E-state index in [9.17, 15) is 13.2 Å². The zero-order valence-corrected chi connectivity index (χ0v) is 10.3. The molecule has 1 aromatic carbocycles. The van der Waals surface area contributed by atoms with Gasteiger partial charge in [-0.1, -0.05) is 24.3 Å². The molecule has 0 aliphatic rings. The van der Waals surface area contributed by atoms with Gasteiger partial charge in [-0.3, -0.25) is 0 Å². The Labute approximate surface area is 117 Å². The van der Waals surface area contributed by atoms with Crippen molar-refractivity contribution in [2.45, 2.75) is 6.18 Å². The Morgan fingerprint density at radius 2 is 1.63 bits per heavy atom. The topological polar surface area (TPSA) is 25.8 Å². The summed E-state index contributed by atoms with van der Waals surface area (Å²) in [4.78, 5) is 7.53. The average molecular weight is 312 g/mol. The molecule has 2 aromatic heterocycles. The number of hydrogen-bond acceptors (Lipinski definition) is 2. The van der Waals surface area contributed by atoms with Gasteiger partial charge in [-0.2, -0.15) is 13.2 Å². The van der Waals surface area contributed by atoms with Crippen molar-refractivity contribution in [1.82, 2.24) is 9.97 Å². The molecule has 0 spiro atoms. The first-order valence-electron chi connectivity index (χ1n) is 5.27. The third-order valence-electron chi connectivity index (χ3n) is 2.74. The van der Waals surface area contributed by atoms with Crippen molar-refractivity contribution in [1.29, 1.82) is 0 Å². The predicted octanol–water partition coefficient (Wildman–Crippen LogP) is 3.80. The molecule has 100 valence electrons. The molecule has 2 heterocycles. The van der Waals surface area contributed by atoms with Gasteiger partial charge >= 0.3 is 23.2 Å². The summed E-state index contributed by atoms with van der Waals surface area (Å²) < 4.78 is 37.6. The van der Waals surface area contributed by atoms with Crippen LogP contribution in [0.5, 0.6) is 0 Å². The number of halogens is 3. The molecule has 3 rings (SSSR count). The number of rotatable bonds is 0. The molecule has 0 fully saturated rings. The summed E-state index contributed by atoms with van der Waals surface area (Å²) in [5, 5.41) is 2.36. The van der Waals surface area contributed by atoms with Crippen LogP contribution >= 0.6 is 0 Å². The van der Waals surface area contributed by atoms with Crippen molar-refractivity contribution in [3.8, 4) is 0 Å². The number of nitrogens with zero attached hydrogens (tertiary/aromatic N) is 2. The van der Waals surface area contributed by atoms with Gasteiger partial charge in [0.2, 0.25) is 0 Å². The SMILES string of the molecule is FC(F)(F)c1ccc2c(ncc3ccccc32)n1.[Cu+]. The maximum Gasteiger partial charge on any atom is 1.00 e. The Morgan fingerprint density at radius 3 is 2.37 bits per heavy atom. The number of benzene rings is 1. The summed E-state index contributed by atoms with van der Waals surface area (Å²) in [6.07, 6.45) is -2.91. The van der Waals surface area contributed by atoms with Crippen LogP contribution in [-0.2, 0) is 23.2 Å². The van der Waals surface area contributed by atoms with Crippen molar-refractivity contribution >= 4 is 21.8 Å². The Bertz CT molecular complexity index is 741. The maximum atomic E-state index is 12.5. The van der Waals surface area contributed by atoms with E-state index >= 15 is 0 Å². The molecule has 0 atom stereocenters. The van der Waals surface area contributed by atoms with E-state index in [1.165, 1.54) is 12.3 Å². The second-order valence-electron chi connectivity index (χ2n) is 3.91. The Balaban J connectivity index is 0.00000133. The van der Waals surface area contributed by atoms with E-state index in [2.05, 4.69) is 9.97 Å². The number of hydrogen-bond donors (Lipinski definition) is 0. The summed E-state index contributed by atoms with van der Waals surface area (Å²) in [5.41, 5.74) is -0.804. The van der Waals surface area contributed by atoms with E-state index in [0.717, 1.165) is 16.8 Å². The fraction of sp³-hybridized carbons (Fsp3) is 0.0769. The molecule has 0 aliphatic heterocycles. The molecule has 19 heavy (non-hydrogen) atoms. The Hall–Kier alpha value is -1.65. The van der Waals surface area contributed by atoms with Crippen LogP contribution in [0.2, 0.25) is 0 Å². The fourth-order valence-corrected chi connectivity index (χ4v) is 1.90. The smallest absolute Gasteiger partial charge is 0.236 e. The molecule has 0 radical (unpaired) electrons. The first-order chi connectivity index (χ1) is 8.55. The molecule has 3 aromatic rings. The molecular weight excluding hydrogens is 305 g/mol. The molecular formula is C13H7CuF3N2+. The first kappa shape index (κ1) is 13.8. The van der Waals surface area contributed by atoms with Gasteiger partial charge < -0.3 is 0 Å². The molecule has 0 bridgehead atoms. The Kier molecular flexibility index (Phi) is 3.47. The van der Waals surface area contributed by atoms with E-state index in [0.29, 0.717) is 5.39 Å². The van der Waals surface area contributed by atoms with Gasteiger partial charge in [-0.05, 0) is 17.5 Å². The van der Waals surface area contributed by atoms with Gasteiger partial charge in [-0.15, -0.1) is 0 Å². The van der Waals surface area contributed by atoms with Gasteiger partial charge in [0, 0.05) is 17.0 Å². The standard InChI is InChI=1S/C13H7F3N2.Cu/c14-13(15,16)11-6-5-10-9-4-2-1-3-8(9)7-17-12(10)18-11;/h1-7H;/q;+1. The molecule has 2 nitrogen and oxygen atoms in total. The quantitative estimate of drug-likeness (QED) is 0.466. The van der Waals surface area contributed by atoms with Gasteiger partial charge in [0.25, 0.3) is 0 Å². The van der Waals surface area contributed by atoms with Crippen LogP contribution in [0.3, 0.4) is 0 Å². The van der Waals surface area contributed by atoms with Crippen LogP contribution in [0.1, 0.15) is 5.69 Å². The van der Waals surface area contributed by atoms with Crippen molar-refractivity contribution in [3.63, 3.8) is 0 Å². The monoisotopic (exact) mass is 311 g/mol. The molecule has 0 amide bonds. The first-order valence-corrected chi connectivity index (χ1v) is 5.27. The summed E-state index contributed by atoms with van der Waals surface area (Å²) in [7, 11) is 0. The van der Waals surface area contributed by atoms with E-state index in [-0.39, 0.29) is 22.7 Å². The van der Waals surface area contributed by atoms with Crippen LogP contribution in [0.25, 0.3) is 21.8 Å². The minimum Gasteiger partial charge on any atom is -0.236 e. The summed E-state index contributed by atoms with van der Waals surface area (Å²) in [6.45, 7) is 0. The molecule has 0 saturated carbocycles. The van der Waals surface area contributed by atoms with E-state index in [4.69, 9.17) is 0 Å². The predicted molar refractivity (Wildman–Crippen MR) is 62.0 cm³/mol. The van der Waals surface area contributed by atoms with Crippen LogP contribution in [-0.4, -0.2) is 9.97 Å². The fourth-order valence-electron chi connectivity index (χ4n) is 1.90. The van der Waals surface area contributed by atoms with Gasteiger partial charge in [-0.25, -0.2) is 9.97 Å². The molecule has 0 saturated heterocycles. The summed E-state index contributed by atoms with van der Waals surface area (Å²) in [5.74, 6) is 0. The number of alkyl halides is 3. The normalized spacial score (nSPS) is 11.5. The molecule has 0 N–H and O–H groups in total. The Morgan fingerprint density at radius 1 is 0.895 bits per heavy atom. The average Bonchev–Trinajstić information content (AvgIpc) is 2.37. The second-order valence-corrected chi connectivity index (χ2v) is 3.91. The van der Waals surface area contributed by atoms with Crippen molar-refractivity contribution < 1.29 is 30.2 Å². The molecule has 6 heteroatoms.